The molecule has 1 heterocycles. The molecule has 2 unspecified atom stereocenters. The van der Waals surface area contributed by atoms with Crippen molar-refractivity contribution < 1.29 is 9.21 Å². The number of rotatable bonds is 5. The van der Waals surface area contributed by atoms with Crippen molar-refractivity contribution in [2.75, 3.05) is 12.8 Å². The highest BCUT2D eigenvalue weighted by Crippen LogP contribution is 2.29. The third kappa shape index (κ3) is 4.20. The highest BCUT2D eigenvalue weighted by atomic mass is 32.2. The van der Waals surface area contributed by atoms with Crippen LogP contribution < -0.4 is 5.32 Å². The van der Waals surface area contributed by atoms with Gasteiger partial charge < -0.3 is 14.6 Å². The molecule has 2 rings (SSSR count). The summed E-state index contributed by atoms with van der Waals surface area (Å²) < 4.78 is 5.25. The van der Waals surface area contributed by atoms with Crippen LogP contribution in [-0.4, -0.2) is 35.0 Å². The molecule has 0 spiro atoms. The predicted molar refractivity (Wildman–Crippen MR) is 78.3 cm³/mol. The lowest BCUT2D eigenvalue weighted by atomic mass is 10.2. The first-order chi connectivity index (χ1) is 9.19. The Balaban J connectivity index is 1.75. The fourth-order valence-electron chi connectivity index (χ4n) is 2.45. The van der Waals surface area contributed by atoms with Crippen LogP contribution in [0.1, 0.15) is 31.9 Å². The molecule has 0 saturated heterocycles. The van der Waals surface area contributed by atoms with Gasteiger partial charge in [0.05, 0.1) is 12.8 Å². The number of carbonyl (C=O) groups is 1. The molecule has 5 heteroatoms. The zero-order valence-electron chi connectivity index (χ0n) is 11.6. The summed E-state index contributed by atoms with van der Waals surface area (Å²) in [5.41, 5.74) is 0. The Kier molecular flexibility index (Phi) is 5.19. The molecule has 0 bridgehead atoms. The summed E-state index contributed by atoms with van der Waals surface area (Å²) in [4.78, 5) is 13.7. The van der Waals surface area contributed by atoms with Crippen molar-refractivity contribution in [3.63, 3.8) is 0 Å². The maximum Gasteiger partial charge on any atom is 0.317 e. The third-order valence-corrected chi connectivity index (χ3v) is 4.67. The lowest BCUT2D eigenvalue weighted by Gasteiger charge is -2.20. The Labute approximate surface area is 118 Å². The quantitative estimate of drug-likeness (QED) is 0.902. The van der Waals surface area contributed by atoms with Crippen LogP contribution >= 0.6 is 11.8 Å². The normalized spacial score (nSPS) is 22.4. The summed E-state index contributed by atoms with van der Waals surface area (Å²) in [5.74, 6) is 1.97. The highest BCUT2D eigenvalue weighted by molar-refractivity contribution is 7.99. The number of urea groups is 1. The number of carbonyl (C=O) groups excluding carboxylic acids is 1. The number of furan rings is 1. The Morgan fingerprint density at radius 2 is 2.42 bits per heavy atom. The van der Waals surface area contributed by atoms with E-state index in [0.29, 0.717) is 17.8 Å². The lowest BCUT2D eigenvalue weighted by molar-refractivity contribution is 0.199. The summed E-state index contributed by atoms with van der Waals surface area (Å²) in [5, 5.41) is 3.83. The summed E-state index contributed by atoms with van der Waals surface area (Å²) >= 11 is 2.00. The summed E-state index contributed by atoms with van der Waals surface area (Å²) in [6.07, 6.45) is 5.03. The average molecular weight is 282 g/mol. The highest BCUT2D eigenvalue weighted by Gasteiger charge is 2.26. The van der Waals surface area contributed by atoms with E-state index in [2.05, 4.69) is 12.2 Å². The first-order valence-corrected chi connectivity index (χ1v) is 7.89. The van der Waals surface area contributed by atoms with Gasteiger partial charge >= 0.3 is 6.03 Å². The third-order valence-electron chi connectivity index (χ3n) is 3.43. The van der Waals surface area contributed by atoms with Gasteiger partial charge in [0.25, 0.3) is 0 Å². The minimum atomic E-state index is -0.0106. The number of nitrogens with one attached hydrogen (secondary N) is 1. The van der Waals surface area contributed by atoms with Crippen LogP contribution in [0.25, 0.3) is 0 Å². The number of hydrogen-bond acceptors (Lipinski definition) is 3. The van der Waals surface area contributed by atoms with Crippen molar-refractivity contribution in [2.24, 2.45) is 0 Å². The van der Waals surface area contributed by atoms with E-state index >= 15 is 0 Å². The van der Waals surface area contributed by atoms with E-state index in [-0.39, 0.29) is 6.03 Å². The number of thioether (sulfide) groups is 1. The van der Waals surface area contributed by atoms with Gasteiger partial charge in [0.1, 0.15) is 5.76 Å². The standard InChI is InChI=1S/C14H22N2O2S/c1-3-19-13-7-6-11(9-13)15-14(17)16(2)10-12-5-4-8-18-12/h4-5,8,11,13H,3,6-7,9-10H2,1-2H3,(H,15,17). The van der Waals surface area contributed by atoms with E-state index in [1.807, 2.05) is 23.9 Å². The van der Waals surface area contributed by atoms with Gasteiger partial charge in [0.15, 0.2) is 0 Å². The number of hydrogen-bond donors (Lipinski definition) is 1. The van der Waals surface area contributed by atoms with E-state index in [4.69, 9.17) is 4.42 Å². The van der Waals surface area contributed by atoms with Crippen molar-refractivity contribution in [1.82, 2.24) is 10.2 Å². The van der Waals surface area contributed by atoms with Gasteiger partial charge in [-0.15, -0.1) is 0 Å². The van der Waals surface area contributed by atoms with Crippen molar-refractivity contribution in [1.29, 1.82) is 0 Å². The Morgan fingerprint density at radius 3 is 3.11 bits per heavy atom. The lowest BCUT2D eigenvalue weighted by Crippen LogP contribution is -2.41. The fraction of sp³-hybridized carbons (Fsp3) is 0.643. The molecule has 2 atom stereocenters. The minimum Gasteiger partial charge on any atom is -0.467 e. The molecular formula is C14H22N2O2S. The Bertz CT molecular complexity index is 394. The van der Waals surface area contributed by atoms with Crippen LogP contribution in [0.4, 0.5) is 4.79 Å². The monoisotopic (exact) mass is 282 g/mol. The maximum atomic E-state index is 12.1. The fourth-order valence-corrected chi connectivity index (χ4v) is 3.59. The molecule has 0 aromatic carbocycles. The zero-order chi connectivity index (χ0) is 13.7. The molecule has 1 aliphatic carbocycles. The molecular weight excluding hydrogens is 260 g/mol. The van der Waals surface area contributed by atoms with Crippen molar-refractivity contribution in [2.45, 2.75) is 44.0 Å². The van der Waals surface area contributed by atoms with Crippen molar-refractivity contribution >= 4 is 17.8 Å². The number of amides is 2. The molecule has 2 amide bonds. The molecule has 4 nitrogen and oxygen atoms in total. The summed E-state index contributed by atoms with van der Waals surface area (Å²) in [6.45, 7) is 2.70. The molecule has 19 heavy (non-hydrogen) atoms. The van der Waals surface area contributed by atoms with Crippen LogP contribution in [0.15, 0.2) is 22.8 Å². The van der Waals surface area contributed by atoms with Gasteiger partial charge in [0, 0.05) is 18.3 Å². The predicted octanol–water partition coefficient (Wildman–Crippen LogP) is 3.10. The summed E-state index contributed by atoms with van der Waals surface area (Å²) in [7, 11) is 1.80. The molecule has 1 saturated carbocycles. The molecule has 106 valence electrons. The topological polar surface area (TPSA) is 45.5 Å². The number of nitrogens with zero attached hydrogens (tertiary/aromatic N) is 1. The van der Waals surface area contributed by atoms with Gasteiger partial charge in [-0.25, -0.2) is 4.79 Å². The molecule has 0 aliphatic heterocycles. The second-order valence-electron chi connectivity index (χ2n) is 4.97. The average Bonchev–Trinajstić information content (AvgIpc) is 3.02. The minimum absolute atomic E-state index is 0.0106. The van der Waals surface area contributed by atoms with E-state index < -0.39 is 0 Å². The van der Waals surface area contributed by atoms with Crippen molar-refractivity contribution in [3.05, 3.63) is 24.2 Å². The summed E-state index contributed by atoms with van der Waals surface area (Å²) in [6, 6.07) is 4.04. The Hall–Kier alpha value is -1.10. The Morgan fingerprint density at radius 1 is 1.58 bits per heavy atom. The van der Waals surface area contributed by atoms with Crippen molar-refractivity contribution in [3.8, 4) is 0 Å². The second kappa shape index (κ2) is 6.89. The largest absolute Gasteiger partial charge is 0.467 e. The van der Waals surface area contributed by atoms with Gasteiger partial charge in [-0.05, 0) is 37.1 Å². The molecule has 1 aromatic heterocycles. The van der Waals surface area contributed by atoms with Crippen LogP contribution in [0.2, 0.25) is 0 Å². The van der Waals surface area contributed by atoms with E-state index in [9.17, 15) is 4.79 Å². The van der Waals surface area contributed by atoms with Crippen LogP contribution in [0, 0.1) is 0 Å². The van der Waals surface area contributed by atoms with Crippen LogP contribution in [0.5, 0.6) is 0 Å². The molecule has 1 aliphatic rings. The smallest absolute Gasteiger partial charge is 0.317 e. The molecule has 1 N–H and O–H groups in total. The van der Waals surface area contributed by atoms with E-state index in [1.165, 1.54) is 6.42 Å². The van der Waals surface area contributed by atoms with Gasteiger partial charge in [-0.2, -0.15) is 11.8 Å². The van der Waals surface area contributed by atoms with Crippen LogP contribution in [-0.2, 0) is 6.54 Å². The molecule has 0 radical (unpaired) electrons. The van der Waals surface area contributed by atoms with Gasteiger partial charge in [-0.1, -0.05) is 6.92 Å². The SMILES string of the molecule is CCSC1CCC(NC(=O)N(C)Cc2ccco2)C1. The molecule has 1 aromatic rings. The van der Waals surface area contributed by atoms with Gasteiger partial charge in [-0.3, -0.25) is 0 Å². The van der Waals surface area contributed by atoms with Gasteiger partial charge in [0.2, 0.25) is 0 Å². The second-order valence-corrected chi connectivity index (χ2v) is 6.55. The maximum absolute atomic E-state index is 12.1. The zero-order valence-corrected chi connectivity index (χ0v) is 12.4. The van der Waals surface area contributed by atoms with E-state index in [1.54, 1.807) is 18.2 Å². The molecule has 1 fully saturated rings. The van der Waals surface area contributed by atoms with Crippen LogP contribution in [0.3, 0.4) is 0 Å². The first kappa shape index (κ1) is 14.3. The van der Waals surface area contributed by atoms with E-state index in [0.717, 1.165) is 24.4 Å². The first-order valence-electron chi connectivity index (χ1n) is 6.84.